The first-order valence-electron chi connectivity index (χ1n) is 6.21. The molecule has 0 atom stereocenters. The van der Waals surface area contributed by atoms with Crippen molar-refractivity contribution in [2.75, 3.05) is 17.2 Å². The second-order valence-corrected chi connectivity index (χ2v) is 4.76. The van der Waals surface area contributed by atoms with Crippen molar-refractivity contribution in [2.45, 2.75) is 0 Å². The van der Waals surface area contributed by atoms with Gasteiger partial charge >= 0.3 is 0 Å². The number of fused-ring (bicyclic) bond motifs is 2. The van der Waals surface area contributed by atoms with Crippen LogP contribution < -0.4 is 17.2 Å². The Labute approximate surface area is 121 Å². The quantitative estimate of drug-likeness (QED) is 0.579. The molecule has 0 aromatic heterocycles. The maximum Gasteiger partial charge on any atom is 0.104 e. The molecule has 3 aliphatic carbocycles. The van der Waals surface area contributed by atoms with Crippen molar-refractivity contribution in [3.05, 3.63) is 41.5 Å². The highest BCUT2D eigenvalue weighted by atomic mass is 14.7. The van der Waals surface area contributed by atoms with E-state index in [1.54, 1.807) is 18.2 Å². The third-order valence-corrected chi connectivity index (χ3v) is 3.65. The fourth-order valence-electron chi connectivity index (χ4n) is 2.59. The molecule has 0 radical (unpaired) electrons. The molecule has 0 fully saturated rings. The molecule has 100 valence electrons. The van der Waals surface area contributed by atoms with Crippen LogP contribution in [0.5, 0.6) is 0 Å². The Hall–Kier alpha value is -3.44. The number of hydrogen-bond acceptors (Lipinski definition) is 5. The molecule has 3 aliphatic rings. The van der Waals surface area contributed by atoms with Gasteiger partial charge in [-0.25, -0.2) is 0 Å². The van der Waals surface area contributed by atoms with Gasteiger partial charge in [-0.1, -0.05) is 18.2 Å². The summed E-state index contributed by atoms with van der Waals surface area (Å²) in [6, 6.07) is 12.8. The van der Waals surface area contributed by atoms with Crippen molar-refractivity contribution in [3.63, 3.8) is 0 Å². The lowest BCUT2D eigenvalue weighted by atomic mass is 9.96. The van der Waals surface area contributed by atoms with Gasteiger partial charge in [0, 0.05) is 27.9 Å². The van der Waals surface area contributed by atoms with Gasteiger partial charge in [0.2, 0.25) is 0 Å². The summed E-state index contributed by atoms with van der Waals surface area (Å²) in [5.41, 5.74) is 22.7. The van der Waals surface area contributed by atoms with Crippen molar-refractivity contribution >= 4 is 17.1 Å². The van der Waals surface area contributed by atoms with Crippen LogP contribution in [-0.4, -0.2) is 0 Å². The van der Waals surface area contributed by atoms with Crippen LogP contribution >= 0.6 is 0 Å². The second-order valence-electron chi connectivity index (χ2n) is 4.76. The van der Waals surface area contributed by atoms with E-state index in [1.807, 2.05) is 18.2 Å². The number of anilines is 3. The summed E-state index contributed by atoms with van der Waals surface area (Å²) in [7, 11) is 0. The van der Waals surface area contributed by atoms with E-state index in [4.69, 9.17) is 22.5 Å². The van der Waals surface area contributed by atoms with E-state index in [-0.39, 0.29) is 11.3 Å². The van der Waals surface area contributed by atoms with Crippen LogP contribution in [0.2, 0.25) is 0 Å². The summed E-state index contributed by atoms with van der Waals surface area (Å²) >= 11 is 0. The average Bonchev–Trinajstić information content (AvgIpc) is 3.12. The zero-order chi connectivity index (χ0) is 15.1. The fraction of sp³-hybridized carbons (Fsp3) is 0. The van der Waals surface area contributed by atoms with Gasteiger partial charge in [-0.15, -0.1) is 0 Å². The van der Waals surface area contributed by atoms with E-state index in [2.05, 4.69) is 6.07 Å². The van der Waals surface area contributed by atoms with Crippen molar-refractivity contribution in [1.29, 1.82) is 10.5 Å². The van der Waals surface area contributed by atoms with Crippen LogP contribution in [0.4, 0.5) is 17.1 Å². The SMILES string of the molecule is N#Cc1cc2c(N)c3cccc-3c(N)c(C#N)c(N)c-2c1. The normalized spacial score (nSPS) is 10.4. The standard InChI is InChI=1S/C16H11N5/c17-6-8-4-11-12(5-8)16(21)13(7-18)15(20)10-3-1-2-9(10)14(11)19/h1-5H,19-21H2. The third-order valence-electron chi connectivity index (χ3n) is 3.65. The largest absolute Gasteiger partial charge is 0.398 e. The number of nitrogens with two attached hydrogens (primary N) is 3. The Morgan fingerprint density at radius 2 is 1.24 bits per heavy atom. The molecule has 0 unspecified atom stereocenters. The Kier molecular flexibility index (Phi) is 2.57. The van der Waals surface area contributed by atoms with Gasteiger partial charge < -0.3 is 17.2 Å². The molecule has 0 aliphatic heterocycles. The molecule has 0 amide bonds. The molecule has 5 heteroatoms. The Bertz CT molecular complexity index is 898. The van der Waals surface area contributed by atoms with Gasteiger partial charge in [-0.3, -0.25) is 0 Å². The van der Waals surface area contributed by atoms with Crippen molar-refractivity contribution in [3.8, 4) is 34.4 Å². The van der Waals surface area contributed by atoms with E-state index >= 15 is 0 Å². The first-order valence-corrected chi connectivity index (χ1v) is 6.21. The van der Waals surface area contributed by atoms with Gasteiger partial charge in [0.05, 0.1) is 28.6 Å². The maximum atomic E-state index is 9.38. The van der Waals surface area contributed by atoms with E-state index in [9.17, 15) is 5.26 Å². The fourth-order valence-corrected chi connectivity index (χ4v) is 2.59. The van der Waals surface area contributed by atoms with Crippen LogP contribution in [0, 0.1) is 22.7 Å². The lowest BCUT2D eigenvalue weighted by Gasteiger charge is -2.12. The molecule has 0 heterocycles. The first-order chi connectivity index (χ1) is 10.1. The van der Waals surface area contributed by atoms with Crippen LogP contribution in [-0.2, 0) is 0 Å². The highest BCUT2D eigenvalue weighted by Crippen LogP contribution is 2.44. The molecule has 3 rings (SSSR count). The highest BCUT2D eigenvalue weighted by molar-refractivity contribution is 6.01. The summed E-state index contributed by atoms with van der Waals surface area (Å²) in [5, 5.41) is 18.5. The van der Waals surface area contributed by atoms with Gasteiger partial charge in [0.15, 0.2) is 0 Å². The highest BCUT2D eigenvalue weighted by Gasteiger charge is 2.21. The predicted octanol–water partition coefficient (Wildman–Crippen LogP) is 2.39. The third kappa shape index (κ3) is 1.62. The minimum atomic E-state index is 0.200. The zero-order valence-corrected chi connectivity index (χ0v) is 11.0. The summed E-state index contributed by atoms with van der Waals surface area (Å²) in [4.78, 5) is 0. The first kappa shape index (κ1) is 12.6. The Balaban J connectivity index is 2.60. The molecule has 21 heavy (non-hydrogen) atoms. The Morgan fingerprint density at radius 3 is 1.81 bits per heavy atom. The molecule has 6 N–H and O–H groups in total. The Morgan fingerprint density at radius 1 is 0.714 bits per heavy atom. The van der Waals surface area contributed by atoms with Crippen molar-refractivity contribution in [1.82, 2.24) is 0 Å². The minimum absolute atomic E-state index is 0.200. The van der Waals surface area contributed by atoms with E-state index < -0.39 is 0 Å². The van der Waals surface area contributed by atoms with Gasteiger partial charge in [0.25, 0.3) is 0 Å². The summed E-state index contributed by atoms with van der Waals surface area (Å²) < 4.78 is 0. The molecule has 0 saturated heterocycles. The zero-order valence-electron chi connectivity index (χ0n) is 11.0. The molecule has 0 spiro atoms. The molecule has 0 aromatic rings. The monoisotopic (exact) mass is 273 g/mol. The lowest BCUT2D eigenvalue weighted by molar-refractivity contribution is 1.49. The average molecular weight is 273 g/mol. The smallest absolute Gasteiger partial charge is 0.104 e. The lowest BCUT2D eigenvalue weighted by Crippen LogP contribution is -2.01. The maximum absolute atomic E-state index is 9.38. The molecule has 0 bridgehead atoms. The summed E-state index contributed by atoms with van der Waals surface area (Å²) in [5.74, 6) is 0. The van der Waals surface area contributed by atoms with Gasteiger partial charge in [-0.05, 0) is 12.1 Å². The van der Waals surface area contributed by atoms with Gasteiger partial charge in [0.1, 0.15) is 6.07 Å². The van der Waals surface area contributed by atoms with Crippen molar-refractivity contribution in [2.24, 2.45) is 0 Å². The van der Waals surface area contributed by atoms with Crippen molar-refractivity contribution < 1.29 is 0 Å². The van der Waals surface area contributed by atoms with Crippen LogP contribution in [0.1, 0.15) is 11.1 Å². The number of hydrogen-bond donors (Lipinski definition) is 3. The topological polar surface area (TPSA) is 126 Å². The second kappa shape index (κ2) is 4.29. The summed E-state index contributed by atoms with van der Waals surface area (Å²) in [6.45, 7) is 0. The van der Waals surface area contributed by atoms with Crippen LogP contribution in [0.3, 0.4) is 0 Å². The van der Waals surface area contributed by atoms with Crippen LogP contribution in [0.25, 0.3) is 22.3 Å². The number of nitrogen functional groups attached to an aromatic ring is 3. The molecular formula is C16H11N5. The number of nitriles is 2. The molecule has 5 nitrogen and oxygen atoms in total. The van der Waals surface area contributed by atoms with E-state index in [0.717, 1.165) is 5.56 Å². The summed E-state index contributed by atoms with van der Waals surface area (Å²) in [6.07, 6.45) is 0. The molecular weight excluding hydrogens is 262 g/mol. The van der Waals surface area contributed by atoms with Crippen LogP contribution in [0.15, 0.2) is 30.3 Å². The van der Waals surface area contributed by atoms with E-state index in [0.29, 0.717) is 33.6 Å². The number of rotatable bonds is 0. The molecule has 0 aromatic carbocycles. The van der Waals surface area contributed by atoms with Gasteiger partial charge in [-0.2, -0.15) is 10.5 Å². The predicted molar refractivity (Wildman–Crippen MR) is 82.4 cm³/mol. The number of nitrogens with zero attached hydrogens (tertiary/aromatic N) is 2. The van der Waals surface area contributed by atoms with E-state index in [1.165, 1.54) is 0 Å². The molecule has 0 saturated carbocycles. The minimum Gasteiger partial charge on any atom is -0.398 e.